The molecule has 4 aromatic rings. The number of aromatic nitrogens is 3. The molecule has 8 nitrogen and oxygen atoms in total. The average Bonchev–Trinajstić information content (AvgIpc) is 3.39. The summed E-state index contributed by atoms with van der Waals surface area (Å²) in [7, 11) is 1.63. The van der Waals surface area contributed by atoms with E-state index in [2.05, 4.69) is 15.5 Å². The highest BCUT2D eigenvalue weighted by atomic mass is 32.2. The fourth-order valence-corrected chi connectivity index (χ4v) is 4.96. The zero-order valence-electron chi connectivity index (χ0n) is 16.3. The van der Waals surface area contributed by atoms with E-state index in [4.69, 9.17) is 9.47 Å². The molecule has 0 atom stereocenters. The minimum absolute atomic E-state index is 0.0177. The quantitative estimate of drug-likeness (QED) is 0.351. The van der Waals surface area contributed by atoms with Gasteiger partial charge in [-0.15, -0.1) is 21.5 Å². The maximum atomic E-state index is 12.8. The third-order valence-corrected chi connectivity index (χ3v) is 6.52. The third-order valence-electron chi connectivity index (χ3n) is 4.77. The number of carbonyl (C=O) groups is 2. The van der Waals surface area contributed by atoms with Gasteiger partial charge in [0.1, 0.15) is 11.5 Å². The molecule has 156 valence electrons. The highest BCUT2D eigenvalue weighted by molar-refractivity contribution is 7.99. The molecule has 2 aromatic carbocycles. The summed E-state index contributed by atoms with van der Waals surface area (Å²) < 4.78 is 12.5. The van der Waals surface area contributed by atoms with Crippen molar-refractivity contribution >= 4 is 45.4 Å². The van der Waals surface area contributed by atoms with E-state index in [1.54, 1.807) is 25.3 Å². The van der Waals surface area contributed by atoms with Crippen LogP contribution in [-0.4, -0.2) is 45.8 Å². The Kier molecular flexibility index (Phi) is 5.08. The molecule has 0 bridgehead atoms. The first kappa shape index (κ1) is 19.6. The first-order chi connectivity index (χ1) is 15.1. The second-order valence-electron chi connectivity index (χ2n) is 6.71. The average molecular weight is 453 g/mol. The summed E-state index contributed by atoms with van der Waals surface area (Å²) in [6.45, 7) is -0.0177. The van der Waals surface area contributed by atoms with Crippen LogP contribution in [0.1, 0.15) is 10.4 Å². The van der Waals surface area contributed by atoms with Crippen LogP contribution in [0.3, 0.4) is 0 Å². The molecule has 0 unspecified atom stereocenters. The van der Waals surface area contributed by atoms with Gasteiger partial charge in [0.2, 0.25) is 4.96 Å². The summed E-state index contributed by atoms with van der Waals surface area (Å²) in [5, 5.41) is 13.9. The molecule has 10 heteroatoms. The Morgan fingerprint density at radius 2 is 2.10 bits per heavy atom. The van der Waals surface area contributed by atoms with E-state index in [9.17, 15) is 9.59 Å². The predicted molar refractivity (Wildman–Crippen MR) is 118 cm³/mol. The minimum atomic E-state index is -0.235. The van der Waals surface area contributed by atoms with Gasteiger partial charge < -0.3 is 14.8 Å². The number of ether oxygens (including phenoxy) is 2. The normalized spacial score (nSPS) is 12.9. The van der Waals surface area contributed by atoms with Crippen molar-refractivity contribution in [2.75, 3.05) is 24.8 Å². The number of thiazole rings is 1. The van der Waals surface area contributed by atoms with Crippen LogP contribution in [0.5, 0.6) is 11.5 Å². The number of nitrogens with zero attached hydrogens (tertiary/aromatic N) is 3. The molecule has 3 heterocycles. The molecule has 0 spiro atoms. The molecule has 1 aliphatic rings. The number of amides is 1. The van der Waals surface area contributed by atoms with Crippen molar-refractivity contribution in [3.05, 3.63) is 53.4 Å². The molecular weight excluding hydrogens is 436 g/mol. The topological polar surface area (TPSA) is 94.8 Å². The number of Topliss-reactive ketones (excluding diaryl/α,β-unsaturated/α-hetero) is 1. The lowest BCUT2D eigenvalue weighted by Crippen LogP contribution is -2.25. The second-order valence-corrected chi connectivity index (χ2v) is 8.49. The number of nitrogens with one attached hydrogen (secondary N) is 1. The first-order valence-corrected chi connectivity index (χ1v) is 11.2. The van der Waals surface area contributed by atoms with Crippen LogP contribution in [0.2, 0.25) is 0 Å². The van der Waals surface area contributed by atoms with Crippen molar-refractivity contribution in [2.24, 2.45) is 0 Å². The van der Waals surface area contributed by atoms with Crippen LogP contribution in [0.15, 0.2) is 53.0 Å². The Morgan fingerprint density at radius 1 is 1.26 bits per heavy atom. The lowest BCUT2D eigenvalue weighted by molar-refractivity contribution is -0.118. The van der Waals surface area contributed by atoms with Gasteiger partial charge in [0, 0.05) is 10.9 Å². The van der Waals surface area contributed by atoms with Crippen LogP contribution in [0.4, 0.5) is 5.69 Å². The fourth-order valence-electron chi connectivity index (χ4n) is 3.22. The number of hydrogen-bond donors (Lipinski definition) is 1. The van der Waals surface area contributed by atoms with Crippen LogP contribution in [0, 0.1) is 0 Å². The number of anilines is 1. The molecule has 0 aliphatic carbocycles. The summed E-state index contributed by atoms with van der Waals surface area (Å²) in [5.74, 6) is 1.22. The van der Waals surface area contributed by atoms with Gasteiger partial charge in [0.15, 0.2) is 17.5 Å². The van der Waals surface area contributed by atoms with E-state index >= 15 is 0 Å². The van der Waals surface area contributed by atoms with E-state index < -0.39 is 0 Å². The van der Waals surface area contributed by atoms with Gasteiger partial charge in [-0.2, -0.15) is 0 Å². The van der Waals surface area contributed by atoms with Crippen molar-refractivity contribution < 1.29 is 19.1 Å². The number of carbonyl (C=O) groups excluding carboxylic acids is 2. The van der Waals surface area contributed by atoms with Gasteiger partial charge in [-0.3, -0.25) is 14.0 Å². The molecular formula is C21H16N4O4S2. The van der Waals surface area contributed by atoms with Crippen LogP contribution in [-0.2, 0) is 4.79 Å². The number of rotatable bonds is 6. The minimum Gasteiger partial charge on any atom is -0.497 e. The van der Waals surface area contributed by atoms with Crippen molar-refractivity contribution in [2.45, 2.75) is 5.16 Å². The van der Waals surface area contributed by atoms with Crippen molar-refractivity contribution in [1.82, 2.24) is 14.6 Å². The largest absolute Gasteiger partial charge is 0.497 e. The van der Waals surface area contributed by atoms with Crippen LogP contribution >= 0.6 is 23.1 Å². The van der Waals surface area contributed by atoms with Crippen molar-refractivity contribution in [3.63, 3.8) is 0 Å². The second kappa shape index (κ2) is 8.05. The maximum absolute atomic E-state index is 12.8. The molecule has 5 rings (SSSR count). The highest BCUT2D eigenvalue weighted by Crippen LogP contribution is 2.32. The molecule has 0 radical (unpaired) electrons. The lowest BCUT2D eigenvalue weighted by atomic mass is 10.1. The lowest BCUT2D eigenvalue weighted by Gasteiger charge is -2.18. The van der Waals surface area contributed by atoms with Crippen molar-refractivity contribution in [3.8, 4) is 22.8 Å². The Bertz CT molecular complexity index is 1300. The Morgan fingerprint density at radius 3 is 2.90 bits per heavy atom. The van der Waals surface area contributed by atoms with E-state index in [0.29, 0.717) is 22.2 Å². The molecule has 1 N–H and O–H groups in total. The standard InChI is InChI=1S/C21H16N4O4S2/c1-28-14-5-2-12(3-6-14)16-10-30-20-23-24-21(25(16)20)31-11-17(26)13-4-7-18-15(8-13)22-19(27)9-29-18/h2-8,10H,9,11H2,1H3,(H,22,27). The van der Waals surface area contributed by atoms with E-state index in [0.717, 1.165) is 22.0 Å². The SMILES string of the molecule is COc1ccc(-c2csc3nnc(SCC(=O)c4ccc5c(c4)NC(=O)CO5)n23)cc1. The monoisotopic (exact) mass is 452 g/mol. The number of benzene rings is 2. The Balaban J connectivity index is 1.36. The van der Waals surface area contributed by atoms with E-state index in [1.165, 1.54) is 23.1 Å². The highest BCUT2D eigenvalue weighted by Gasteiger charge is 2.19. The molecule has 0 fully saturated rings. The summed E-state index contributed by atoms with van der Waals surface area (Å²) in [6.07, 6.45) is 0. The van der Waals surface area contributed by atoms with E-state index in [1.807, 2.05) is 34.0 Å². The van der Waals surface area contributed by atoms with Gasteiger partial charge in [0.05, 0.1) is 24.2 Å². The van der Waals surface area contributed by atoms with Crippen LogP contribution < -0.4 is 14.8 Å². The Hall–Kier alpha value is -3.37. The number of ketones is 1. The summed E-state index contributed by atoms with van der Waals surface area (Å²) >= 11 is 2.81. The maximum Gasteiger partial charge on any atom is 0.262 e. The van der Waals surface area contributed by atoms with E-state index in [-0.39, 0.29) is 24.1 Å². The number of fused-ring (bicyclic) bond motifs is 2. The van der Waals surface area contributed by atoms with Gasteiger partial charge in [0.25, 0.3) is 5.91 Å². The first-order valence-electron chi connectivity index (χ1n) is 9.32. The molecule has 1 aliphatic heterocycles. The molecule has 31 heavy (non-hydrogen) atoms. The number of hydrogen-bond acceptors (Lipinski definition) is 8. The van der Waals surface area contributed by atoms with Gasteiger partial charge >= 0.3 is 0 Å². The Labute approximate surface area is 185 Å². The smallest absolute Gasteiger partial charge is 0.262 e. The summed E-state index contributed by atoms with van der Waals surface area (Å²) in [4.78, 5) is 25.0. The van der Waals surface area contributed by atoms with Gasteiger partial charge in [-0.1, -0.05) is 11.8 Å². The number of thioether (sulfide) groups is 1. The van der Waals surface area contributed by atoms with Gasteiger partial charge in [-0.05, 0) is 48.0 Å². The fraction of sp³-hybridized carbons (Fsp3) is 0.143. The van der Waals surface area contributed by atoms with Crippen LogP contribution in [0.25, 0.3) is 16.2 Å². The third kappa shape index (κ3) is 3.75. The number of methoxy groups -OCH3 is 1. The summed E-state index contributed by atoms with van der Waals surface area (Å²) in [6, 6.07) is 12.8. The molecule has 0 saturated heterocycles. The zero-order chi connectivity index (χ0) is 21.4. The predicted octanol–water partition coefficient (Wildman–Crippen LogP) is 3.77. The molecule has 0 saturated carbocycles. The molecule has 2 aromatic heterocycles. The molecule has 1 amide bonds. The summed E-state index contributed by atoms with van der Waals surface area (Å²) in [5.41, 5.74) is 2.97. The zero-order valence-corrected chi connectivity index (χ0v) is 18.0. The van der Waals surface area contributed by atoms with Gasteiger partial charge in [-0.25, -0.2) is 0 Å². The van der Waals surface area contributed by atoms with Crippen molar-refractivity contribution in [1.29, 1.82) is 0 Å².